The molecule has 1 saturated heterocycles. The summed E-state index contributed by atoms with van der Waals surface area (Å²) in [6.07, 6.45) is 1.52. The molecule has 4 aromatic rings. The molecule has 0 bridgehead atoms. The van der Waals surface area contributed by atoms with E-state index in [1.165, 1.54) is 11.2 Å². The lowest BCUT2D eigenvalue weighted by molar-refractivity contribution is -0.140. The molecule has 3 aromatic carbocycles. The molecular weight excluding hydrogens is 454 g/mol. The Morgan fingerprint density at radius 1 is 0.944 bits per heavy atom. The van der Waals surface area contributed by atoms with Gasteiger partial charge >= 0.3 is 0 Å². The summed E-state index contributed by atoms with van der Waals surface area (Å²) in [5, 5.41) is 11.2. The van der Waals surface area contributed by atoms with Gasteiger partial charge in [0, 0.05) is 5.56 Å². The topological polar surface area (TPSA) is 80.0 Å². The number of Topliss-reactive ketones (excluding diaryl/α,β-unsaturated/α-hetero) is 1. The monoisotopic (exact) mass is 479 g/mol. The molecule has 1 unspecified atom stereocenters. The summed E-state index contributed by atoms with van der Waals surface area (Å²) >= 11 is 0. The number of nitrogens with zero attached hydrogens (tertiary/aromatic N) is 1. The molecule has 1 aliphatic rings. The molecule has 1 fully saturated rings. The number of aryl methyl sites for hydroxylation is 1. The molecule has 1 amide bonds. The highest BCUT2D eigenvalue weighted by atomic mass is 16.5. The number of carbonyl (C=O) groups excluding carboxylic acids is 2. The number of rotatable bonds is 7. The van der Waals surface area contributed by atoms with Crippen molar-refractivity contribution in [1.29, 1.82) is 0 Å². The maximum absolute atomic E-state index is 13.1. The molecule has 6 heteroatoms. The van der Waals surface area contributed by atoms with Gasteiger partial charge in [0.15, 0.2) is 0 Å². The maximum Gasteiger partial charge on any atom is 0.296 e. The van der Waals surface area contributed by atoms with E-state index in [1.807, 2.05) is 55.5 Å². The number of ketones is 1. The van der Waals surface area contributed by atoms with E-state index in [0.29, 0.717) is 23.7 Å². The molecule has 0 aliphatic carbocycles. The summed E-state index contributed by atoms with van der Waals surface area (Å²) in [4.78, 5) is 27.6. The number of likely N-dealkylation sites (tertiary alicyclic amines) is 1. The van der Waals surface area contributed by atoms with E-state index in [9.17, 15) is 14.7 Å². The predicted molar refractivity (Wildman–Crippen MR) is 135 cm³/mol. The normalized spacial score (nSPS) is 16.9. The van der Waals surface area contributed by atoms with Gasteiger partial charge in [0.1, 0.15) is 23.9 Å². The third kappa shape index (κ3) is 4.66. The van der Waals surface area contributed by atoms with E-state index in [0.717, 1.165) is 16.7 Å². The van der Waals surface area contributed by atoms with Crippen LogP contribution in [0.4, 0.5) is 0 Å². The zero-order valence-electron chi connectivity index (χ0n) is 19.8. The van der Waals surface area contributed by atoms with Gasteiger partial charge in [-0.15, -0.1) is 0 Å². The summed E-state index contributed by atoms with van der Waals surface area (Å²) in [6.45, 7) is 2.56. The second-order valence-electron chi connectivity index (χ2n) is 8.72. The van der Waals surface area contributed by atoms with E-state index in [2.05, 4.69) is 6.07 Å². The van der Waals surface area contributed by atoms with Crippen LogP contribution in [0.3, 0.4) is 0 Å². The molecule has 6 nitrogen and oxygen atoms in total. The lowest BCUT2D eigenvalue weighted by atomic mass is 9.95. The molecule has 180 valence electrons. The van der Waals surface area contributed by atoms with Gasteiger partial charge in [-0.3, -0.25) is 9.59 Å². The molecule has 0 spiro atoms. The molecular formula is C30H25NO5. The average Bonchev–Trinajstić information content (AvgIpc) is 3.50. The second kappa shape index (κ2) is 9.96. The molecule has 0 radical (unpaired) electrons. The van der Waals surface area contributed by atoms with Crippen LogP contribution in [0, 0.1) is 6.92 Å². The Kier molecular flexibility index (Phi) is 6.41. The Morgan fingerprint density at radius 3 is 2.42 bits per heavy atom. The Labute approximate surface area is 209 Å². The maximum atomic E-state index is 13.1. The van der Waals surface area contributed by atoms with Crippen molar-refractivity contribution >= 4 is 17.4 Å². The van der Waals surface area contributed by atoms with Crippen molar-refractivity contribution in [1.82, 2.24) is 4.90 Å². The Morgan fingerprint density at radius 2 is 1.72 bits per heavy atom. The first-order chi connectivity index (χ1) is 17.5. The first kappa shape index (κ1) is 23.2. The van der Waals surface area contributed by atoms with E-state index < -0.39 is 17.7 Å². The van der Waals surface area contributed by atoms with Crippen LogP contribution in [0.2, 0.25) is 0 Å². The Balaban J connectivity index is 1.45. The average molecular weight is 480 g/mol. The minimum atomic E-state index is -0.742. The smallest absolute Gasteiger partial charge is 0.296 e. The van der Waals surface area contributed by atoms with Crippen LogP contribution in [-0.4, -0.2) is 21.7 Å². The number of furan rings is 1. The zero-order chi connectivity index (χ0) is 25.1. The van der Waals surface area contributed by atoms with Crippen LogP contribution in [0.15, 0.2) is 107 Å². The highest BCUT2D eigenvalue weighted by molar-refractivity contribution is 6.46. The molecule has 1 aliphatic heterocycles. The van der Waals surface area contributed by atoms with Gasteiger partial charge in [-0.25, -0.2) is 0 Å². The van der Waals surface area contributed by atoms with Crippen molar-refractivity contribution in [2.75, 3.05) is 0 Å². The fourth-order valence-electron chi connectivity index (χ4n) is 4.43. The number of aliphatic hydroxyl groups is 1. The highest BCUT2D eigenvalue weighted by Crippen LogP contribution is 2.40. The number of benzene rings is 3. The van der Waals surface area contributed by atoms with Gasteiger partial charge in [0.2, 0.25) is 0 Å². The van der Waals surface area contributed by atoms with Crippen LogP contribution in [0.25, 0.3) is 5.76 Å². The van der Waals surface area contributed by atoms with Gasteiger partial charge in [-0.1, -0.05) is 60.2 Å². The molecule has 1 aromatic heterocycles. The predicted octanol–water partition coefficient (Wildman–Crippen LogP) is 5.79. The first-order valence-corrected chi connectivity index (χ1v) is 11.7. The number of aliphatic hydroxyl groups excluding tert-OH is 1. The highest BCUT2D eigenvalue weighted by Gasteiger charge is 2.46. The molecule has 36 heavy (non-hydrogen) atoms. The van der Waals surface area contributed by atoms with Crippen molar-refractivity contribution in [3.63, 3.8) is 0 Å². The Hall–Kier alpha value is -4.58. The van der Waals surface area contributed by atoms with Gasteiger partial charge < -0.3 is 19.2 Å². The van der Waals surface area contributed by atoms with Crippen molar-refractivity contribution in [2.45, 2.75) is 26.1 Å². The fourth-order valence-corrected chi connectivity index (χ4v) is 4.43. The third-order valence-electron chi connectivity index (χ3n) is 6.18. The summed E-state index contributed by atoms with van der Waals surface area (Å²) in [5.74, 6) is -0.458. The van der Waals surface area contributed by atoms with E-state index in [4.69, 9.17) is 9.15 Å². The van der Waals surface area contributed by atoms with E-state index >= 15 is 0 Å². The summed E-state index contributed by atoms with van der Waals surface area (Å²) in [7, 11) is 0. The van der Waals surface area contributed by atoms with Crippen molar-refractivity contribution in [2.24, 2.45) is 0 Å². The van der Waals surface area contributed by atoms with E-state index in [-0.39, 0.29) is 17.9 Å². The van der Waals surface area contributed by atoms with E-state index in [1.54, 1.807) is 36.4 Å². The number of ether oxygens (including phenoxy) is 1. The fraction of sp³-hybridized carbons (Fsp3) is 0.133. The quantitative estimate of drug-likeness (QED) is 0.206. The summed E-state index contributed by atoms with van der Waals surface area (Å²) in [6, 6.07) is 26.8. The van der Waals surface area contributed by atoms with Crippen molar-refractivity contribution in [3.8, 4) is 5.75 Å². The van der Waals surface area contributed by atoms with Gasteiger partial charge in [0.05, 0.1) is 24.4 Å². The molecule has 2 heterocycles. The van der Waals surface area contributed by atoms with Crippen LogP contribution in [0.5, 0.6) is 5.75 Å². The number of hydrogen-bond acceptors (Lipinski definition) is 5. The molecule has 1 atom stereocenters. The molecule has 1 N–H and O–H groups in total. The van der Waals surface area contributed by atoms with Gasteiger partial charge in [-0.05, 0) is 54.4 Å². The number of hydrogen-bond donors (Lipinski definition) is 1. The van der Waals surface area contributed by atoms with Gasteiger partial charge in [0.25, 0.3) is 11.7 Å². The largest absolute Gasteiger partial charge is 0.507 e. The van der Waals surface area contributed by atoms with Crippen LogP contribution in [-0.2, 0) is 22.7 Å². The SMILES string of the molecule is Cc1cccc(COc2ccc(C(O)=C3C(=O)C(=O)N(Cc4ccco4)C3c3ccccc3)cc2)c1. The lowest BCUT2D eigenvalue weighted by Gasteiger charge is -2.24. The number of amides is 1. The van der Waals surface area contributed by atoms with Gasteiger partial charge in [-0.2, -0.15) is 0 Å². The second-order valence-corrected chi connectivity index (χ2v) is 8.72. The first-order valence-electron chi connectivity index (χ1n) is 11.7. The lowest BCUT2D eigenvalue weighted by Crippen LogP contribution is -2.29. The minimum Gasteiger partial charge on any atom is -0.507 e. The van der Waals surface area contributed by atoms with Crippen LogP contribution >= 0.6 is 0 Å². The summed E-state index contributed by atoms with van der Waals surface area (Å²) < 4.78 is 11.3. The van der Waals surface area contributed by atoms with Crippen LogP contribution in [0.1, 0.15) is 34.1 Å². The Bertz CT molecular complexity index is 1410. The summed E-state index contributed by atoms with van der Waals surface area (Å²) in [5.41, 5.74) is 3.42. The molecule has 0 saturated carbocycles. The zero-order valence-corrected chi connectivity index (χ0v) is 19.8. The number of carbonyl (C=O) groups is 2. The standard InChI is InChI=1S/C30H25NO5/c1-20-7-5-8-21(17-20)19-36-24-14-12-23(13-15-24)28(32)26-27(22-9-3-2-4-10-22)31(30(34)29(26)33)18-25-11-6-16-35-25/h2-17,27,32H,18-19H2,1H3. The van der Waals surface area contributed by atoms with Crippen molar-refractivity contribution in [3.05, 3.63) is 131 Å². The minimum absolute atomic E-state index is 0.0474. The molecule has 5 rings (SSSR count). The van der Waals surface area contributed by atoms with Crippen molar-refractivity contribution < 1.29 is 23.8 Å². The third-order valence-corrected chi connectivity index (χ3v) is 6.18. The van der Waals surface area contributed by atoms with Crippen LogP contribution < -0.4 is 4.74 Å².